The Bertz CT molecular complexity index is 394. The molecule has 1 aromatic carbocycles. The Kier molecular flexibility index (Phi) is 5.86. The molecule has 0 amide bonds. The van der Waals surface area contributed by atoms with Crippen LogP contribution in [0.3, 0.4) is 0 Å². The summed E-state index contributed by atoms with van der Waals surface area (Å²) in [5.41, 5.74) is 1.26. The van der Waals surface area contributed by atoms with Gasteiger partial charge >= 0.3 is 0 Å². The van der Waals surface area contributed by atoms with Crippen LogP contribution >= 0.6 is 11.8 Å². The molecule has 1 aliphatic carbocycles. The molecule has 0 saturated heterocycles. The Morgan fingerprint density at radius 3 is 2.79 bits per heavy atom. The van der Waals surface area contributed by atoms with Crippen LogP contribution in [0, 0.1) is 0 Å². The molecular weight excluding hydrogens is 258 g/mol. The third-order valence-electron chi connectivity index (χ3n) is 3.03. The van der Waals surface area contributed by atoms with Gasteiger partial charge in [0.2, 0.25) is 0 Å². The quantitative estimate of drug-likeness (QED) is 0.705. The van der Waals surface area contributed by atoms with E-state index >= 15 is 0 Å². The molecule has 0 radical (unpaired) electrons. The van der Waals surface area contributed by atoms with Gasteiger partial charge in [0.15, 0.2) is 11.5 Å². The van der Waals surface area contributed by atoms with Gasteiger partial charge < -0.3 is 14.8 Å². The standard InChI is InChI=1S/C15H23NO2S/c1-3-17-15-10-12(11-16-13-5-6-13)4-7-14(15)18-8-9-19-2/h4,7,10,13,16H,3,5-6,8-9,11H2,1-2H3. The van der Waals surface area contributed by atoms with Crippen LogP contribution in [0.25, 0.3) is 0 Å². The molecule has 1 fully saturated rings. The molecule has 3 nitrogen and oxygen atoms in total. The molecule has 4 heteroatoms. The highest BCUT2D eigenvalue weighted by Crippen LogP contribution is 2.29. The summed E-state index contributed by atoms with van der Waals surface area (Å²) in [6.45, 7) is 4.30. The molecule has 1 aromatic rings. The molecule has 0 aromatic heterocycles. The second-order valence-electron chi connectivity index (χ2n) is 4.71. The third kappa shape index (κ3) is 4.96. The minimum Gasteiger partial charge on any atom is -0.490 e. The number of nitrogens with one attached hydrogen (secondary N) is 1. The van der Waals surface area contributed by atoms with E-state index in [2.05, 4.69) is 23.7 Å². The first-order chi connectivity index (χ1) is 9.33. The van der Waals surface area contributed by atoms with E-state index in [1.807, 2.05) is 13.0 Å². The summed E-state index contributed by atoms with van der Waals surface area (Å²) in [7, 11) is 0. The summed E-state index contributed by atoms with van der Waals surface area (Å²) in [5.74, 6) is 2.71. The molecule has 0 spiro atoms. The van der Waals surface area contributed by atoms with Crippen LogP contribution in [0.4, 0.5) is 0 Å². The Hall–Kier alpha value is -0.870. The smallest absolute Gasteiger partial charge is 0.161 e. The fourth-order valence-electron chi connectivity index (χ4n) is 1.83. The molecule has 0 atom stereocenters. The van der Waals surface area contributed by atoms with Gasteiger partial charge in [-0.3, -0.25) is 0 Å². The summed E-state index contributed by atoms with van der Waals surface area (Å²) in [6.07, 6.45) is 4.71. The van der Waals surface area contributed by atoms with Crippen molar-refractivity contribution in [1.82, 2.24) is 5.32 Å². The largest absolute Gasteiger partial charge is 0.490 e. The van der Waals surface area contributed by atoms with Gasteiger partial charge in [-0.2, -0.15) is 11.8 Å². The second-order valence-corrected chi connectivity index (χ2v) is 5.70. The Balaban J connectivity index is 1.95. The first-order valence-corrected chi connectivity index (χ1v) is 8.33. The highest BCUT2D eigenvalue weighted by Gasteiger charge is 2.20. The third-order valence-corrected chi connectivity index (χ3v) is 3.60. The van der Waals surface area contributed by atoms with Crippen molar-refractivity contribution in [3.8, 4) is 11.5 Å². The van der Waals surface area contributed by atoms with Crippen LogP contribution in [0.1, 0.15) is 25.3 Å². The lowest BCUT2D eigenvalue weighted by atomic mass is 10.2. The van der Waals surface area contributed by atoms with Crippen LogP contribution in [-0.2, 0) is 6.54 Å². The van der Waals surface area contributed by atoms with E-state index in [1.54, 1.807) is 11.8 Å². The minimum atomic E-state index is 0.665. The van der Waals surface area contributed by atoms with Crippen LogP contribution in [0.15, 0.2) is 18.2 Å². The summed E-state index contributed by atoms with van der Waals surface area (Å²) in [6, 6.07) is 6.96. The number of ether oxygens (including phenoxy) is 2. The number of benzene rings is 1. The van der Waals surface area contributed by atoms with Crippen molar-refractivity contribution in [2.45, 2.75) is 32.4 Å². The normalized spacial score (nSPS) is 14.4. The summed E-state index contributed by atoms with van der Waals surface area (Å²) in [4.78, 5) is 0. The van der Waals surface area contributed by atoms with E-state index in [4.69, 9.17) is 9.47 Å². The Labute approximate surface area is 120 Å². The van der Waals surface area contributed by atoms with Crippen molar-refractivity contribution in [2.24, 2.45) is 0 Å². The Morgan fingerprint density at radius 2 is 2.11 bits per heavy atom. The van der Waals surface area contributed by atoms with Crippen LogP contribution in [0.5, 0.6) is 11.5 Å². The SMILES string of the molecule is CCOc1cc(CNC2CC2)ccc1OCCSC. The summed E-state index contributed by atoms with van der Waals surface area (Å²) < 4.78 is 11.4. The van der Waals surface area contributed by atoms with E-state index in [0.717, 1.165) is 36.4 Å². The molecule has 1 saturated carbocycles. The van der Waals surface area contributed by atoms with Gasteiger partial charge in [0.1, 0.15) is 0 Å². The first-order valence-electron chi connectivity index (χ1n) is 6.94. The maximum atomic E-state index is 5.76. The molecule has 1 N–H and O–H groups in total. The summed E-state index contributed by atoms with van der Waals surface area (Å²) >= 11 is 1.79. The lowest BCUT2D eigenvalue weighted by Gasteiger charge is -2.13. The number of thioether (sulfide) groups is 1. The molecule has 0 unspecified atom stereocenters. The second kappa shape index (κ2) is 7.65. The van der Waals surface area contributed by atoms with Crippen molar-refractivity contribution < 1.29 is 9.47 Å². The van der Waals surface area contributed by atoms with Crippen LogP contribution in [0.2, 0.25) is 0 Å². The fraction of sp³-hybridized carbons (Fsp3) is 0.600. The van der Waals surface area contributed by atoms with Gasteiger partial charge in [0.05, 0.1) is 13.2 Å². The van der Waals surface area contributed by atoms with E-state index < -0.39 is 0 Å². The monoisotopic (exact) mass is 281 g/mol. The van der Waals surface area contributed by atoms with Crippen LogP contribution < -0.4 is 14.8 Å². The molecule has 0 bridgehead atoms. The lowest BCUT2D eigenvalue weighted by Crippen LogP contribution is -2.15. The molecule has 0 aliphatic heterocycles. The zero-order valence-corrected chi connectivity index (χ0v) is 12.6. The molecule has 19 heavy (non-hydrogen) atoms. The van der Waals surface area contributed by atoms with Crippen molar-refractivity contribution in [3.05, 3.63) is 23.8 Å². The number of rotatable bonds is 9. The number of hydrogen-bond donors (Lipinski definition) is 1. The van der Waals surface area contributed by atoms with Gasteiger partial charge in [0.25, 0.3) is 0 Å². The topological polar surface area (TPSA) is 30.5 Å². The maximum Gasteiger partial charge on any atom is 0.161 e. The van der Waals surface area contributed by atoms with E-state index in [1.165, 1.54) is 18.4 Å². The Morgan fingerprint density at radius 1 is 1.26 bits per heavy atom. The van der Waals surface area contributed by atoms with Crippen molar-refractivity contribution in [1.29, 1.82) is 0 Å². The number of hydrogen-bond acceptors (Lipinski definition) is 4. The highest BCUT2D eigenvalue weighted by atomic mass is 32.2. The molecule has 106 valence electrons. The predicted octanol–water partition coefficient (Wildman–Crippen LogP) is 3.08. The highest BCUT2D eigenvalue weighted by molar-refractivity contribution is 7.98. The molecular formula is C15H23NO2S. The van der Waals surface area contributed by atoms with Gasteiger partial charge in [-0.1, -0.05) is 6.07 Å². The van der Waals surface area contributed by atoms with Gasteiger partial charge in [0, 0.05) is 18.3 Å². The molecule has 1 aliphatic rings. The molecule has 2 rings (SSSR count). The van der Waals surface area contributed by atoms with E-state index in [0.29, 0.717) is 6.61 Å². The van der Waals surface area contributed by atoms with Crippen LogP contribution in [-0.4, -0.2) is 31.3 Å². The zero-order valence-electron chi connectivity index (χ0n) is 11.8. The van der Waals surface area contributed by atoms with Gasteiger partial charge in [-0.25, -0.2) is 0 Å². The van der Waals surface area contributed by atoms with E-state index in [9.17, 15) is 0 Å². The minimum absolute atomic E-state index is 0.665. The summed E-state index contributed by atoms with van der Waals surface area (Å²) in [5, 5.41) is 3.51. The zero-order chi connectivity index (χ0) is 13.5. The lowest BCUT2D eigenvalue weighted by molar-refractivity contribution is 0.289. The average molecular weight is 281 g/mol. The average Bonchev–Trinajstić information content (AvgIpc) is 3.23. The maximum absolute atomic E-state index is 5.76. The van der Waals surface area contributed by atoms with Crippen molar-refractivity contribution in [3.63, 3.8) is 0 Å². The van der Waals surface area contributed by atoms with Crippen molar-refractivity contribution in [2.75, 3.05) is 25.2 Å². The van der Waals surface area contributed by atoms with Crippen molar-refractivity contribution >= 4 is 11.8 Å². The molecule has 0 heterocycles. The van der Waals surface area contributed by atoms with Gasteiger partial charge in [-0.15, -0.1) is 0 Å². The first kappa shape index (κ1) is 14.5. The fourth-order valence-corrected chi connectivity index (χ4v) is 2.08. The van der Waals surface area contributed by atoms with Gasteiger partial charge in [-0.05, 0) is 43.7 Å². The van der Waals surface area contributed by atoms with E-state index in [-0.39, 0.29) is 0 Å². The predicted molar refractivity (Wildman–Crippen MR) is 81.3 cm³/mol.